The second-order valence-corrected chi connectivity index (χ2v) is 12.6. The van der Waals surface area contributed by atoms with Gasteiger partial charge in [0.15, 0.2) is 0 Å². The Morgan fingerprint density at radius 3 is 0.962 bits per heavy atom. The molecule has 4 aromatic rings. The van der Waals surface area contributed by atoms with Crippen LogP contribution < -0.4 is 10.6 Å². The van der Waals surface area contributed by atoms with Crippen LogP contribution in [0, 0.1) is 0 Å². The number of alkyl carbamates (subject to hydrolysis) is 2. The van der Waals surface area contributed by atoms with E-state index < -0.39 is 12.2 Å². The maximum atomic E-state index is 12.3. The molecule has 0 heterocycles. The van der Waals surface area contributed by atoms with E-state index in [9.17, 15) is 9.59 Å². The summed E-state index contributed by atoms with van der Waals surface area (Å²) < 4.78 is 38.7. The van der Waals surface area contributed by atoms with Gasteiger partial charge in [-0.2, -0.15) is 0 Å². The van der Waals surface area contributed by atoms with Gasteiger partial charge in [0.2, 0.25) is 0 Å². The lowest BCUT2D eigenvalue weighted by atomic mass is 9.98. The van der Waals surface area contributed by atoms with Crippen LogP contribution in [0.2, 0.25) is 0 Å². The first kappa shape index (κ1) is 38.0. The summed E-state index contributed by atoms with van der Waals surface area (Å²) in [5.74, 6) is 0.0640. The highest BCUT2D eigenvalue weighted by molar-refractivity contribution is 5.80. The van der Waals surface area contributed by atoms with Gasteiger partial charge in [-0.1, -0.05) is 97.1 Å². The van der Waals surface area contributed by atoms with Crippen molar-refractivity contribution in [2.45, 2.75) is 11.8 Å². The lowest BCUT2D eigenvalue weighted by Gasteiger charge is -2.14. The van der Waals surface area contributed by atoms with Gasteiger partial charge in [-0.15, -0.1) is 0 Å². The molecule has 280 valence electrons. The molecule has 0 bridgehead atoms. The summed E-state index contributed by atoms with van der Waals surface area (Å²) in [4.78, 5) is 24.5. The largest absolute Gasteiger partial charge is 0.449 e. The van der Waals surface area contributed by atoms with Crippen molar-refractivity contribution in [3.05, 3.63) is 119 Å². The predicted octanol–water partition coefficient (Wildman–Crippen LogP) is 6.15. The highest BCUT2D eigenvalue weighted by atomic mass is 16.6. The van der Waals surface area contributed by atoms with Crippen molar-refractivity contribution < 1.29 is 42.7 Å². The van der Waals surface area contributed by atoms with Gasteiger partial charge in [0.05, 0.1) is 66.1 Å². The zero-order chi connectivity index (χ0) is 36.5. The van der Waals surface area contributed by atoms with Crippen molar-refractivity contribution in [2.75, 3.05) is 92.4 Å². The van der Waals surface area contributed by atoms with Gasteiger partial charge in [-0.05, 0) is 44.5 Å². The Morgan fingerprint density at radius 1 is 0.396 bits per heavy atom. The van der Waals surface area contributed by atoms with E-state index in [0.29, 0.717) is 79.2 Å². The Kier molecular flexibility index (Phi) is 14.7. The maximum Gasteiger partial charge on any atom is 0.407 e. The number of nitrogens with one attached hydrogen (secondary N) is 2. The Hall–Kier alpha value is -4.78. The third kappa shape index (κ3) is 10.6. The van der Waals surface area contributed by atoms with Crippen LogP contribution in [0.25, 0.3) is 22.3 Å². The van der Waals surface area contributed by atoms with Crippen LogP contribution in [-0.4, -0.2) is 105 Å². The quantitative estimate of drug-likeness (QED) is 0.0920. The zero-order valence-electron chi connectivity index (χ0n) is 30.0. The van der Waals surface area contributed by atoms with Gasteiger partial charge in [0.1, 0.15) is 13.2 Å². The fourth-order valence-corrected chi connectivity index (χ4v) is 6.73. The molecule has 0 spiro atoms. The molecule has 2 N–H and O–H groups in total. The fraction of sp³-hybridized carbons (Fsp3) is 0.381. The van der Waals surface area contributed by atoms with Gasteiger partial charge in [0, 0.05) is 24.9 Å². The van der Waals surface area contributed by atoms with E-state index in [1.54, 1.807) is 0 Å². The summed E-state index contributed by atoms with van der Waals surface area (Å²) in [5.41, 5.74) is 9.52. The highest BCUT2D eigenvalue weighted by Gasteiger charge is 2.30. The predicted molar refractivity (Wildman–Crippen MR) is 200 cm³/mol. The van der Waals surface area contributed by atoms with Crippen LogP contribution in [0.3, 0.4) is 0 Å². The third-order valence-corrected chi connectivity index (χ3v) is 9.21. The number of amides is 2. The van der Waals surface area contributed by atoms with E-state index in [-0.39, 0.29) is 25.0 Å². The summed E-state index contributed by atoms with van der Waals surface area (Å²) >= 11 is 0. The maximum absolute atomic E-state index is 12.3. The average molecular weight is 725 g/mol. The number of rotatable bonds is 22. The van der Waals surface area contributed by atoms with Crippen LogP contribution in [0.1, 0.15) is 34.1 Å². The first-order chi connectivity index (χ1) is 26.2. The first-order valence-corrected chi connectivity index (χ1v) is 18.3. The normalized spacial score (nSPS) is 12.8. The standard InChI is InChI=1S/C42H48N2O9/c45-41(52-29-39-35-13-5-1-9-31(35)32-10-2-6-14-36(32)39)43-17-19-47-21-23-49-25-27-51-28-26-50-24-22-48-20-18-44-42(46)53-30-40-37-15-7-3-11-33(37)34-12-4-8-16-38(34)40/h1-16,39-40H,17-30H2,(H,43,45)(H,44,46). The molecule has 2 aliphatic rings. The number of ether oxygens (including phenoxy) is 7. The van der Waals surface area contributed by atoms with Crippen molar-refractivity contribution in [3.63, 3.8) is 0 Å². The van der Waals surface area contributed by atoms with E-state index in [1.165, 1.54) is 44.5 Å². The second-order valence-electron chi connectivity index (χ2n) is 12.6. The monoisotopic (exact) mass is 724 g/mol. The van der Waals surface area contributed by atoms with E-state index >= 15 is 0 Å². The first-order valence-electron chi connectivity index (χ1n) is 18.3. The molecule has 11 nitrogen and oxygen atoms in total. The van der Waals surface area contributed by atoms with E-state index in [1.807, 2.05) is 48.5 Å². The Morgan fingerprint density at radius 2 is 0.660 bits per heavy atom. The smallest absolute Gasteiger partial charge is 0.407 e. The average Bonchev–Trinajstić information content (AvgIpc) is 3.69. The molecule has 0 unspecified atom stereocenters. The second kappa shape index (κ2) is 20.5. The molecule has 53 heavy (non-hydrogen) atoms. The molecule has 0 radical (unpaired) electrons. The lowest BCUT2D eigenvalue weighted by Crippen LogP contribution is -2.29. The molecule has 6 rings (SSSR count). The molecule has 2 aliphatic carbocycles. The number of carbonyl (C=O) groups excluding carboxylic acids is 2. The third-order valence-electron chi connectivity index (χ3n) is 9.21. The molecule has 2 amide bonds. The Bertz CT molecular complexity index is 1550. The summed E-state index contributed by atoms with van der Waals surface area (Å²) in [6.07, 6.45) is -0.915. The van der Waals surface area contributed by atoms with Crippen molar-refractivity contribution in [1.29, 1.82) is 0 Å². The number of hydrogen-bond acceptors (Lipinski definition) is 9. The van der Waals surface area contributed by atoms with Gasteiger partial charge < -0.3 is 43.8 Å². The highest BCUT2D eigenvalue weighted by Crippen LogP contribution is 2.45. The van der Waals surface area contributed by atoms with Crippen molar-refractivity contribution >= 4 is 12.2 Å². The van der Waals surface area contributed by atoms with Crippen molar-refractivity contribution in [3.8, 4) is 22.3 Å². The fourth-order valence-electron chi connectivity index (χ4n) is 6.73. The van der Waals surface area contributed by atoms with Gasteiger partial charge in [-0.3, -0.25) is 0 Å². The van der Waals surface area contributed by atoms with Crippen LogP contribution in [0.5, 0.6) is 0 Å². The van der Waals surface area contributed by atoms with Gasteiger partial charge in [0.25, 0.3) is 0 Å². The molecule has 0 saturated carbocycles. The zero-order valence-corrected chi connectivity index (χ0v) is 30.0. The molecule has 11 heteroatoms. The molecule has 0 fully saturated rings. The van der Waals surface area contributed by atoms with E-state index in [2.05, 4.69) is 59.2 Å². The summed E-state index contributed by atoms with van der Waals surface area (Å²) in [6, 6.07) is 33.0. The minimum atomic E-state index is -0.457. The van der Waals surface area contributed by atoms with Crippen LogP contribution >= 0.6 is 0 Å². The number of benzene rings is 4. The van der Waals surface area contributed by atoms with Crippen molar-refractivity contribution in [2.24, 2.45) is 0 Å². The molecule has 4 aromatic carbocycles. The minimum Gasteiger partial charge on any atom is -0.449 e. The Labute approximate surface area is 310 Å². The minimum absolute atomic E-state index is 0.0320. The van der Waals surface area contributed by atoms with Gasteiger partial charge in [-0.25, -0.2) is 9.59 Å². The summed E-state index contributed by atoms with van der Waals surface area (Å²) in [7, 11) is 0. The van der Waals surface area contributed by atoms with E-state index in [0.717, 1.165) is 0 Å². The van der Waals surface area contributed by atoms with Gasteiger partial charge >= 0.3 is 12.2 Å². The van der Waals surface area contributed by atoms with Crippen LogP contribution in [0.4, 0.5) is 9.59 Å². The number of fused-ring (bicyclic) bond motifs is 6. The summed E-state index contributed by atoms with van der Waals surface area (Å²) in [6.45, 7) is 5.46. The Balaban J connectivity index is 0.682. The number of hydrogen-bond donors (Lipinski definition) is 2. The number of carbonyl (C=O) groups is 2. The molecule has 0 atom stereocenters. The van der Waals surface area contributed by atoms with E-state index in [4.69, 9.17) is 33.2 Å². The lowest BCUT2D eigenvalue weighted by molar-refractivity contribution is -0.0105. The molecular weight excluding hydrogens is 676 g/mol. The molecular formula is C42H48N2O9. The molecule has 0 saturated heterocycles. The summed E-state index contributed by atoms with van der Waals surface area (Å²) in [5, 5.41) is 5.48. The molecule has 0 aromatic heterocycles. The SMILES string of the molecule is O=C(NCCOCCOCCOCCOCCOCCNC(=O)OCC1c2ccccc2-c2ccccc21)OCC1c2ccccc2-c2ccccc21. The van der Waals surface area contributed by atoms with Crippen LogP contribution in [0.15, 0.2) is 97.1 Å². The van der Waals surface area contributed by atoms with Crippen molar-refractivity contribution in [1.82, 2.24) is 10.6 Å². The topological polar surface area (TPSA) is 123 Å². The van der Waals surface area contributed by atoms with Crippen LogP contribution in [-0.2, 0) is 33.2 Å². The molecule has 0 aliphatic heterocycles.